The number of nitrogens with two attached hydrogens (primary N) is 1. The van der Waals surface area contributed by atoms with E-state index in [4.69, 9.17) is 5.73 Å². The van der Waals surface area contributed by atoms with Gasteiger partial charge in [-0.15, -0.1) is 0 Å². The maximum absolute atomic E-state index is 13.5. The standard InChI is InChI=1S/C16H15F2N3/c1-3-21-15-5-4-9(2)6-14(15)20-16(21)10-7-11(17)12(18)8-13(10)19/h4-8H,3,19H2,1-2H3. The molecular weight excluding hydrogens is 272 g/mol. The van der Waals surface area contributed by atoms with Gasteiger partial charge in [0, 0.05) is 23.9 Å². The van der Waals surface area contributed by atoms with E-state index < -0.39 is 11.6 Å². The van der Waals surface area contributed by atoms with E-state index in [1.165, 1.54) is 0 Å². The number of anilines is 1. The Morgan fingerprint density at radius 2 is 1.86 bits per heavy atom. The zero-order chi connectivity index (χ0) is 15.1. The molecule has 0 amide bonds. The number of fused-ring (bicyclic) bond motifs is 1. The van der Waals surface area contributed by atoms with Crippen LogP contribution in [0.15, 0.2) is 30.3 Å². The molecule has 1 aromatic heterocycles. The molecule has 3 rings (SSSR count). The van der Waals surface area contributed by atoms with Gasteiger partial charge in [0.1, 0.15) is 5.82 Å². The van der Waals surface area contributed by atoms with Crippen molar-refractivity contribution in [3.63, 3.8) is 0 Å². The highest BCUT2D eigenvalue weighted by Crippen LogP contribution is 2.30. The fraction of sp³-hybridized carbons (Fsp3) is 0.188. The van der Waals surface area contributed by atoms with Crippen LogP contribution < -0.4 is 5.73 Å². The first kappa shape index (κ1) is 13.5. The Balaban J connectivity index is 2.32. The number of benzene rings is 2. The van der Waals surface area contributed by atoms with Gasteiger partial charge >= 0.3 is 0 Å². The highest BCUT2D eigenvalue weighted by Gasteiger charge is 2.16. The second-order valence-electron chi connectivity index (χ2n) is 5.03. The molecule has 3 aromatic rings. The van der Waals surface area contributed by atoms with Gasteiger partial charge in [-0.3, -0.25) is 0 Å². The summed E-state index contributed by atoms with van der Waals surface area (Å²) in [4.78, 5) is 4.54. The molecule has 0 bridgehead atoms. The minimum atomic E-state index is -0.953. The third-order valence-corrected chi connectivity index (χ3v) is 3.55. The lowest BCUT2D eigenvalue weighted by Crippen LogP contribution is -2.01. The summed E-state index contributed by atoms with van der Waals surface area (Å²) >= 11 is 0. The average Bonchev–Trinajstić information content (AvgIpc) is 2.80. The van der Waals surface area contributed by atoms with E-state index in [0.29, 0.717) is 17.9 Å². The number of nitrogen functional groups attached to an aromatic ring is 1. The second kappa shape index (κ2) is 4.84. The van der Waals surface area contributed by atoms with Crippen LogP contribution in [0.1, 0.15) is 12.5 Å². The van der Waals surface area contributed by atoms with Crippen LogP contribution in [-0.4, -0.2) is 9.55 Å². The van der Waals surface area contributed by atoms with Gasteiger partial charge in [-0.1, -0.05) is 6.07 Å². The number of hydrogen-bond donors (Lipinski definition) is 1. The summed E-state index contributed by atoms with van der Waals surface area (Å²) in [6.07, 6.45) is 0. The van der Waals surface area contributed by atoms with E-state index in [0.717, 1.165) is 28.7 Å². The minimum absolute atomic E-state index is 0.177. The molecule has 0 aliphatic carbocycles. The molecule has 0 radical (unpaired) electrons. The smallest absolute Gasteiger partial charge is 0.160 e. The van der Waals surface area contributed by atoms with E-state index in [9.17, 15) is 8.78 Å². The fourth-order valence-corrected chi connectivity index (χ4v) is 2.52. The summed E-state index contributed by atoms with van der Waals surface area (Å²) in [5, 5.41) is 0. The lowest BCUT2D eigenvalue weighted by Gasteiger charge is -2.09. The molecule has 1 heterocycles. The molecule has 108 valence electrons. The monoisotopic (exact) mass is 287 g/mol. The van der Waals surface area contributed by atoms with Crippen LogP contribution in [0.25, 0.3) is 22.4 Å². The second-order valence-corrected chi connectivity index (χ2v) is 5.03. The first-order valence-electron chi connectivity index (χ1n) is 6.73. The van der Waals surface area contributed by atoms with Gasteiger partial charge in [0.05, 0.1) is 11.0 Å². The fourth-order valence-electron chi connectivity index (χ4n) is 2.52. The van der Waals surface area contributed by atoms with Crippen molar-refractivity contribution in [2.75, 3.05) is 5.73 Å². The average molecular weight is 287 g/mol. The summed E-state index contributed by atoms with van der Waals surface area (Å²) in [6.45, 7) is 4.61. The van der Waals surface area contributed by atoms with Crippen molar-refractivity contribution >= 4 is 16.7 Å². The van der Waals surface area contributed by atoms with Crippen molar-refractivity contribution in [3.8, 4) is 11.4 Å². The van der Waals surface area contributed by atoms with Crippen LogP contribution >= 0.6 is 0 Å². The number of aromatic nitrogens is 2. The number of aryl methyl sites for hydroxylation is 2. The molecule has 0 saturated heterocycles. The molecule has 0 spiro atoms. The Morgan fingerprint density at radius 1 is 1.14 bits per heavy atom. The van der Waals surface area contributed by atoms with Crippen molar-refractivity contribution in [2.45, 2.75) is 20.4 Å². The van der Waals surface area contributed by atoms with Crippen LogP contribution in [0, 0.1) is 18.6 Å². The largest absolute Gasteiger partial charge is 0.398 e. The molecule has 0 aliphatic heterocycles. The normalized spacial score (nSPS) is 11.2. The topological polar surface area (TPSA) is 43.8 Å². The Morgan fingerprint density at radius 3 is 2.57 bits per heavy atom. The Kier molecular flexibility index (Phi) is 3.12. The van der Waals surface area contributed by atoms with Crippen molar-refractivity contribution < 1.29 is 8.78 Å². The number of nitrogens with zero attached hydrogens (tertiary/aromatic N) is 2. The highest BCUT2D eigenvalue weighted by atomic mass is 19.2. The number of hydrogen-bond acceptors (Lipinski definition) is 2. The van der Waals surface area contributed by atoms with Crippen LogP contribution in [-0.2, 0) is 6.54 Å². The van der Waals surface area contributed by atoms with Gasteiger partial charge in [-0.05, 0) is 37.6 Å². The maximum Gasteiger partial charge on any atom is 0.160 e. The van der Waals surface area contributed by atoms with Crippen LogP contribution in [0.5, 0.6) is 0 Å². The first-order chi connectivity index (χ1) is 10.0. The third-order valence-electron chi connectivity index (χ3n) is 3.55. The van der Waals surface area contributed by atoms with Crippen molar-refractivity contribution in [1.29, 1.82) is 0 Å². The van der Waals surface area contributed by atoms with Crippen LogP contribution in [0.3, 0.4) is 0 Å². The molecule has 21 heavy (non-hydrogen) atoms. The number of imidazole rings is 1. The molecule has 0 unspecified atom stereocenters. The summed E-state index contributed by atoms with van der Waals surface area (Å²) in [5.74, 6) is -1.33. The van der Waals surface area contributed by atoms with E-state index in [1.807, 2.05) is 36.6 Å². The van der Waals surface area contributed by atoms with E-state index >= 15 is 0 Å². The van der Waals surface area contributed by atoms with Gasteiger partial charge in [-0.25, -0.2) is 13.8 Å². The molecule has 3 nitrogen and oxygen atoms in total. The molecule has 5 heteroatoms. The van der Waals surface area contributed by atoms with Gasteiger partial charge in [0.15, 0.2) is 11.6 Å². The molecule has 0 atom stereocenters. The first-order valence-corrected chi connectivity index (χ1v) is 6.73. The summed E-state index contributed by atoms with van der Waals surface area (Å²) in [7, 11) is 0. The third kappa shape index (κ3) is 2.14. The highest BCUT2D eigenvalue weighted by molar-refractivity contribution is 5.84. The van der Waals surface area contributed by atoms with Gasteiger partial charge < -0.3 is 10.3 Å². The predicted molar refractivity (Wildman–Crippen MR) is 79.9 cm³/mol. The zero-order valence-corrected chi connectivity index (χ0v) is 11.8. The molecule has 2 aromatic carbocycles. The van der Waals surface area contributed by atoms with E-state index in [1.54, 1.807) is 0 Å². The molecule has 0 fully saturated rings. The lowest BCUT2D eigenvalue weighted by molar-refractivity contribution is 0.509. The van der Waals surface area contributed by atoms with Crippen LogP contribution in [0.4, 0.5) is 14.5 Å². The molecule has 0 saturated carbocycles. The van der Waals surface area contributed by atoms with E-state index in [-0.39, 0.29) is 5.69 Å². The number of halogens is 2. The minimum Gasteiger partial charge on any atom is -0.398 e. The Bertz CT molecular complexity index is 837. The SMILES string of the molecule is CCn1c(-c2cc(F)c(F)cc2N)nc2cc(C)ccc21. The molecule has 0 aliphatic rings. The summed E-state index contributed by atoms with van der Waals surface area (Å²) < 4.78 is 28.7. The molecular formula is C16H15F2N3. The predicted octanol–water partition coefficient (Wildman–Crippen LogP) is 3.89. The lowest BCUT2D eigenvalue weighted by atomic mass is 10.1. The summed E-state index contributed by atoms with van der Waals surface area (Å²) in [6, 6.07) is 8.02. The quantitative estimate of drug-likeness (QED) is 0.727. The van der Waals surface area contributed by atoms with Crippen molar-refractivity contribution in [3.05, 3.63) is 47.5 Å². The van der Waals surface area contributed by atoms with Gasteiger partial charge in [0.25, 0.3) is 0 Å². The Labute approximate surface area is 121 Å². The summed E-state index contributed by atoms with van der Waals surface area (Å²) in [5.41, 5.74) is 9.27. The van der Waals surface area contributed by atoms with Gasteiger partial charge in [0.2, 0.25) is 0 Å². The Hall–Kier alpha value is -2.43. The van der Waals surface area contributed by atoms with Crippen molar-refractivity contribution in [2.24, 2.45) is 0 Å². The van der Waals surface area contributed by atoms with Crippen LogP contribution in [0.2, 0.25) is 0 Å². The number of rotatable bonds is 2. The maximum atomic E-state index is 13.5. The molecule has 2 N–H and O–H groups in total. The van der Waals surface area contributed by atoms with E-state index in [2.05, 4.69) is 4.98 Å². The van der Waals surface area contributed by atoms with Gasteiger partial charge in [-0.2, -0.15) is 0 Å². The zero-order valence-electron chi connectivity index (χ0n) is 11.8. The van der Waals surface area contributed by atoms with Crippen molar-refractivity contribution in [1.82, 2.24) is 9.55 Å².